The number of hydrogen-bond acceptors (Lipinski definition) is 4. The lowest BCUT2D eigenvalue weighted by Gasteiger charge is -2.15. The van der Waals surface area contributed by atoms with E-state index in [1.165, 1.54) is 17.3 Å². The van der Waals surface area contributed by atoms with Gasteiger partial charge in [0.15, 0.2) is 5.16 Å². The highest BCUT2D eigenvalue weighted by Gasteiger charge is 2.15. The second-order valence-electron chi connectivity index (χ2n) is 7.27. The third kappa shape index (κ3) is 5.03. The number of nitrogens with one attached hydrogen (secondary N) is 1. The first-order valence-electron chi connectivity index (χ1n) is 10.2. The monoisotopic (exact) mass is 428 g/mol. The molecule has 1 amide bonds. The Labute approximate surface area is 186 Å². The fraction of sp³-hybridized carbons (Fsp3) is 0.160. The number of benzene rings is 3. The van der Waals surface area contributed by atoms with Crippen molar-refractivity contribution in [1.29, 1.82) is 0 Å². The molecular formula is C25H24N4OS. The number of amides is 1. The Morgan fingerprint density at radius 1 is 0.903 bits per heavy atom. The van der Waals surface area contributed by atoms with E-state index < -0.39 is 0 Å². The third-order valence-corrected chi connectivity index (χ3v) is 5.97. The van der Waals surface area contributed by atoms with E-state index in [1.54, 1.807) is 0 Å². The van der Waals surface area contributed by atoms with Gasteiger partial charge in [0, 0.05) is 5.69 Å². The minimum Gasteiger partial charge on any atom is -0.349 e. The molecule has 5 nitrogen and oxygen atoms in total. The molecule has 4 rings (SSSR count). The number of para-hydroxylation sites is 1. The molecule has 0 aliphatic rings. The van der Waals surface area contributed by atoms with Crippen LogP contribution >= 0.6 is 11.8 Å². The van der Waals surface area contributed by atoms with E-state index in [2.05, 4.69) is 51.9 Å². The van der Waals surface area contributed by atoms with Gasteiger partial charge in [0.25, 0.3) is 0 Å². The standard InChI is InChI=1S/C25H24N4OS/c1-18(20-13-15-22(16-14-20)21-9-5-3-6-10-21)26-24(30)17-31-25-28-27-19(2)29(25)23-11-7-4-8-12-23/h3-16,18H,17H2,1-2H3,(H,26,30). The minimum absolute atomic E-state index is 0.0371. The van der Waals surface area contributed by atoms with Crippen LogP contribution in [0.1, 0.15) is 24.4 Å². The van der Waals surface area contributed by atoms with Crippen LogP contribution in [-0.4, -0.2) is 26.4 Å². The van der Waals surface area contributed by atoms with E-state index in [4.69, 9.17) is 0 Å². The van der Waals surface area contributed by atoms with Crippen molar-refractivity contribution in [3.63, 3.8) is 0 Å². The molecule has 1 unspecified atom stereocenters. The number of hydrogen-bond donors (Lipinski definition) is 1. The number of nitrogens with zero attached hydrogens (tertiary/aromatic N) is 3. The first-order chi connectivity index (χ1) is 15.1. The molecule has 0 saturated carbocycles. The maximum atomic E-state index is 12.6. The van der Waals surface area contributed by atoms with Crippen LogP contribution in [0, 0.1) is 6.92 Å². The number of carbonyl (C=O) groups excluding carboxylic acids is 1. The summed E-state index contributed by atoms with van der Waals surface area (Å²) in [5, 5.41) is 12.2. The van der Waals surface area contributed by atoms with Crippen molar-refractivity contribution in [2.24, 2.45) is 0 Å². The summed E-state index contributed by atoms with van der Waals surface area (Å²) >= 11 is 1.39. The fourth-order valence-corrected chi connectivity index (χ4v) is 4.21. The molecule has 1 atom stereocenters. The van der Waals surface area contributed by atoms with Gasteiger partial charge >= 0.3 is 0 Å². The largest absolute Gasteiger partial charge is 0.349 e. The minimum atomic E-state index is -0.0772. The number of thioether (sulfide) groups is 1. The molecule has 0 aliphatic carbocycles. The van der Waals surface area contributed by atoms with Crippen LogP contribution in [0.5, 0.6) is 0 Å². The predicted octanol–water partition coefficient (Wildman–Crippen LogP) is 5.21. The Morgan fingerprint density at radius 2 is 1.52 bits per heavy atom. The van der Waals surface area contributed by atoms with Gasteiger partial charge in [-0.15, -0.1) is 10.2 Å². The highest BCUT2D eigenvalue weighted by molar-refractivity contribution is 7.99. The number of carbonyl (C=O) groups is 1. The molecule has 1 N–H and O–H groups in total. The van der Waals surface area contributed by atoms with Gasteiger partial charge in [0.2, 0.25) is 5.91 Å². The summed E-state index contributed by atoms with van der Waals surface area (Å²) in [5.74, 6) is 1.03. The molecular weight excluding hydrogens is 404 g/mol. The molecule has 0 spiro atoms. The average molecular weight is 429 g/mol. The van der Waals surface area contributed by atoms with E-state index in [0.717, 1.165) is 22.6 Å². The van der Waals surface area contributed by atoms with Crippen molar-refractivity contribution in [2.75, 3.05) is 5.75 Å². The van der Waals surface area contributed by atoms with Gasteiger partial charge in [0.1, 0.15) is 5.82 Å². The van der Waals surface area contributed by atoms with Crippen molar-refractivity contribution in [1.82, 2.24) is 20.1 Å². The summed E-state index contributed by atoms with van der Waals surface area (Å²) in [4.78, 5) is 12.6. The molecule has 0 aliphatic heterocycles. The van der Waals surface area contributed by atoms with Crippen molar-refractivity contribution < 1.29 is 4.79 Å². The third-order valence-electron chi connectivity index (χ3n) is 5.04. The van der Waals surface area contributed by atoms with Gasteiger partial charge < -0.3 is 5.32 Å². The zero-order valence-corrected chi connectivity index (χ0v) is 18.3. The second kappa shape index (κ2) is 9.62. The van der Waals surface area contributed by atoms with Crippen LogP contribution < -0.4 is 5.32 Å². The molecule has 0 fully saturated rings. The van der Waals surface area contributed by atoms with Gasteiger partial charge in [-0.25, -0.2) is 0 Å². The smallest absolute Gasteiger partial charge is 0.230 e. The fourth-order valence-electron chi connectivity index (χ4n) is 3.40. The maximum absolute atomic E-state index is 12.6. The Morgan fingerprint density at radius 3 is 2.19 bits per heavy atom. The molecule has 1 aromatic heterocycles. The van der Waals surface area contributed by atoms with Gasteiger partial charge in [0.05, 0.1) is 11.8 Å². The number of aryl methyl sites for hydroxylation is 1. The molecule has 0 bridgehead atoms. The molecule has 3 aromatic carbocycles. The van der Waals surface area contributed by atoms with Crippen LogP contribution in [0.25, 0.3) is 16.8 Å². The molecule has 0 saturated heterocycles. The SMILES string of the molecule is Cc1nnc(SCC(=O)NC(C)c2ccc(-c3ccccc3)cc2)n1-c1ccccc1. The summed E-state index contributed by atoms with van der Waals surface area (Å²) in [6, 6.07) is 28.4. The Hall–Kier alpha value is -3.38. The van der Waals surface area contributed by atoms with Crippen LogP contribution in [0.2, 0.25) is 0 Å². The number of aromatic nitrogens is 3. The molecule has 4 aromatic rings. The highest BCUT2D eigenvalue weighted by atomic mass is 32.2. The summed E-state index contributed by atoms with van der Waals surface area (Å²) in [5.41, 5.74) is 4.40. The predicted molar refractivity (Wildman–Crippen MR) is 125 cm³/mol. The van der Waals surface area contributed by atoms with E-state index in [9.17, 15) is 4.79 Å². The summed E-state index contributed by atoms with van der Waals surface area (Å²) in [6.07, 6.45) is 0. The summed E-state index contributed by atoms with van der Waals surface area (Å²) in [6.45, 7) is 3.90. The van der Waals surface area contributed by atoms with Crippen LogP contribution in [-0.2, 0) is 4.79 Å². The second-order valence-corrected chi connectivity index (χ2v) is 8.21. The normalized spacial score (nSPS) is 11.8. The van der Waals surface area contributed by atoms with Crippen LogP contribution in [0.3, 0.4) is 0 Å². The summed E-state index contributed by atoms with van der Waals surface area (Å²) < 4.78 is 1.96. The van der Waals surface area contributed by atoms with Crippen molar-refractivity contribution in [3.8, 4) is 16.8 Å². The Balaban J connectivity index is 1.36. The van der Waals surface area contributed by atoms with E-state index in [0.29, 0.717) is 5.16 Å². The van der Waals surface area contributed by atoms with E-state index in [-0.39, 0.29) is 17.7 Å². The lowest BCUT2D eigenvalue weighted by atomic mass is 10.0. The van der Waals surface area contributed by atoms with E-state index in [1.807, 2.05) is 66.9 Å². The van der Waals surface area contributed by atoms with Gasteiger partial charge in [-0.2, -0.15) is 0 Å². The quantitative estimate of drug-likeness (QED) is 0.411. The first kappa shape index (κ1) is 20.9. The average Bonchev–Trinajstić information content (AvgIpc) is 3.19. The summed E-state index contributed by atoms with van der Waals surface area (Å²) in [7, 11) is 0. The Kier molecular flexibility index (Phi) is 6.48. The Bertz CT molecular complexity index is 1140. The van der Waals surface area contributed by atoms with Crippen molar-refractivity contribution in [2.45, 2.75) is 25.0 Å². The van der Waals surface area contributed by atoms with Crippen LogP contribution in [0.4, 0.5) is 0 Å². The molecule has 6 heteroatoms. The lowest BCUT2D eigenvalue weighted by molar-refractivity contribution is -0.119. The zero-order valence-electron chi connectivity index (χ0n) is 17.5. The van der Waals surface area contributed by atoms with Crippen molar-refractivity contribution >= 4 is 17.7 Å². The topological polar surface area (TPSA) is 59.8 Å². The molecule has 1 heterocycles. The van der Waals surface area contributed by atoms with E-state index >= 15 is 0 Å². The lowest BCUT2D eigenvalue weighted by Crippen LogP contribution is -2.28. The highest BCUT2D eigenvalue weighted by Crippen LogP contribution is 2.23. The number of rotatable bonds is 7. The zero-order chi connectivity index (χ0) is 21.6. The molecule has 31 heavy (non-hydrogen) atoms. The molecule has 156 valence electrons. The molecule has 0 radical (unpaired) electrons. The van der Waals surface area contributed by atoms with Crippen molar-refractivity contribution in [3.05, 3.63) is 96.3 Å². The first-order valence-corrected chi connectivity index (χ1v) is 11.2. The maximum Gasteiger partial charge on any atom is 0.230 e. The van der Waals surface area contributed by atoms with Crippen LogP contribution in [0.15, 0.2) is 90.1 Å². The van der Waals surface area contributed by atoms with Gasteiger partial charge in [-0.05, 0) is 42.7 Å². The van der Waals surface area contributed by atoms with Gasteiger partial charge in [-0.3, -0.25) is 9.36 Å². The van der Waals surface area contributed by atoms with Gasteiger partial charge in [-0.1, -0.05) is 84.6 Å².